The first kappa shape index (κ1) is 18.0. The third-order valence-electron chi connectivity index (χ3n) is 4.27. The van der Waals surface area contributed by atoms with E-state index in [2.05, 4.69) is 10.3 Å². The molecule has 1 atom stereocenters. The van der Waals surface area contributed by atoms with Crippen LogP contribution in [0.4, 0.5) is 19.0 Å². The van der Waals surface area contributed by atoms with Gasteiger partial charge in [0.05, 0.1) is 12.7 Å². The SMILES string of the molecule is COc1ccc(C(=O)NC2CCN(c3ccc(C(F)(F)F)cn3)C2)cc1. The molecule has 0 bridgehead atoms. The van der Waals surface area contributed by atoms with Gasteiger partial charge in [-0.2, -0.15) is 13.2 Å². The number of benzene rings is 1. The number of halogens is 3. The van der Waals surface area contributed by atoms with Crippen LogP contribution in [0.1, 0.15) is 22.3 Å². The van der Waals surface area contributed by atoms with Crippen molar-refractivity contribution < 1.29 is 22.7 Å². The first-order chi connectivity index (χ1) is 12.4. The number of amides is 1. The van der Waals surface area contributed by atoms with Crippen LogP contribution in [0, 0.1) is 0 Å². The fourth-order valence-corrected chi connectivity index (χ4v) is 2.84. The summed E-state index contributed by atoms with van der Waals surface area (Å²) in [5.74, 6) is 0.945. The summed E-state index contributed by atoms with van der Waals surface area (Å²) < 4.78 is 42.9. The van der Waals surface area contributed by atoms with Gasteiger partial charge in [-0.15, -0.1) is 0 Å². The first-order valence-electron chi connectivity index (χ1n) is 8.10. The second kappa shape index (κ2) is 7.23. The van der Waals surface area contributed by atoms with E-state index in [1.165, 1.54) is 6.07 Å². The van der Waals surface area contributed by atoms with Crippen LogP contribution >= 0.6 is 0 Å². The van der Waals surface area contributed by atoms with Gasteiger partial charge in [0.15, 0.2) is 0 Å². The molecule has 1 aromatic heterocycles. The van der Waals surface area contributed by atoms with Crippen molar-refractivity contribution in [3.63, 3.8) is 0 Å². The standard InChI is InChI=1S/C18H18F3N3O2/c1-26-15-5-2-12(3-6-15)17(25)23-14-8-9-24(11-14)16-7-4-13(10-22-16)18(19,20)21/h2-7,10,14H,8-9,11H2,1H3,(H,23,25). The van der Waals surface area contributed by atoms with Crippen LogP contribution in [0.3, 0.4) is 0 Å². The lowest BCUT2D eigenvalue weighted by Crippen LogP contribution is -2.37. The maximum Gasteiger partial charge on any atom is 0.417 e. The minimum atomic E-state index is -4.40. The second-order valence-electron chi connectivity index (χ2n) is 6.04. The zero-order valence-corrected chi connectivity index (χ0v) is 14.1. The molecule has 1 aromatic carbocycles. The molecule has 1 saturated heterocycles. The number of hydrogen-bond acceptors (Lipinski definition) is 4. The molecule has 0 aliphatic carbocycles. The Morgan fingerprint density at radius 2 is 1.96 bits per heavy atom. The van der Waals surface area contributed by atoms with Crippen LogP contribution < -0.4 is 15.0 Å². The Labute approximate surface area is 148 Å². The fourth-order valence-electron chi connectivity index (χ4n) is 2.84. The quantitative estimate of drug-likeness (QED) is 0.905. The number of carbonyl (C=O) groups is 1. The van der Waals surface area contributed by atoms with Crippen molar-refractivity contribution in [2.75, 3.05) is 25.1 Å². The van der Waals surface area contributed by atoms with Crippen LogP contribution in [0.15, 0.2) is 42.6 Å². The Bertz CT molecular complexity index is 761. The predicted molar refractivity (Wildman–Crippen MR) is 90.3 cm³/mol. The highest BCUT2D eigenvalue weighted by Gasteiger charge is 2.31. The molecule has 0 saturated carbocycles. The number of carbonyl (C=O) groups excluding carboxylic acids is 1. The van der Waals surface area contributed by atoms with E-state index in [0.717, 1.165) is 12.3 Å². The lowest BCUT2D eigenvalue weighted by molar-refractivity contribution is -0.137. The summed E-state index contributed by atoms with van der Waals surface area (Å²) in [4.78, 5) is 18.0. The monoisotopic (exact) mass is 365 g/mol. The molecular weight excluding hydrogens is 347 g/mol. The summed E-state index contributed by atoms with van der Waals surface area (Å²) >= 11 is 0. The number of anilines is 1. The molecule has 0 radical (unpaired) electrons. The summed E-state index contributed by atoms with van der Waals surface area (Å²) in [5.41, 5.74) is -0.248. The normalized spacial score (nSPS) is 17.2. The summed E-state index contributed by atoms with van der Waals surface area (Å²) in [6.07, 6.45) is -2.87. The molecule has 26 heavy (non-hydrogen) atoms. The van der Waals surface area contributed by atoms with Gasteiger partial charge >= 0.3 is 6.18 Å². The highest BCUT2D eigenvalue weighted by molar-refractivity contribution is 5.94. The van der Waals surface area contributed by atoms with Crippen molar-refractivity contribution in [1.82, 2.24) is 10.3 Å². The molecular formula is C18H18F3N3O2. The molecule has 8 heteroatoms. The Kier molecular flexibility index (Phi) is 5.01. The largest absolute Gasteiger partial charge is 0.497 e. The number of hydrogen-bond donors (Lipinski definition) is 1. The number of ether oxygens (including phenoxy) is 1. The number of pyridine rings is 1. The zero-order chi connectivity index (χ0) is 18.7. The molecule has 3 rings (SSSR count). The van der Waals surface area contributed by atoms with E-state index in [9.17, 15) is 18.0 Å². The molecule has 5 nitrogen and oxygen atoms in total. The van der Waals surface area contributed by atoms with E-state index < -0.39 is 11.7 Å². The van der Waals surface area contributed by atoms with Crippen molar-refractivity contribution in [1.29, 1.82) is 0 Å². The van der Waals surface area contributed by atoms with Crippen molar-refractivity contribution in [3.8, 4) is 5.75 Å². The van der Waals surface area contributed by atoms with Gasteiger partial charge < -0.3 is 15.0 Å². The molecule has 2 heterocycles. The Hall–Kier alpha value is -2.77. The average Bonchev–Trinajstić information content (AvgIpc) is 3.09. The van der Waals surface area contributed by atoms with Crippen molar-refractivity contribution in [3.05, 3.63) is 53.7 Å². The molecule has 1 amide bonds. The number of aromatic nitrogens is 1. The third kappa shape index (κ3) is 4.07. The molecule has 1 aliphatic rings. The minimum Gasteiger partial charge on any atom is -0.497 e. The molecule has 1 N–H and O–H groups in total. The van der Waals surface area contributed by atoms with E-state index >= 15 is 0 Å². The summed E-state index contributed by atoms with van der Waals surface area (Å²) in [6, 6.07) is 9.07. The fraction of sp³-hybridized carbons (Fsp3) is 0.333. The van der Waals surface area contributed by atoms with Crippen LogP contribution in [0.5, 0.6) is 5.75 Å². The van der Waals surface area contributed by atoms with Gasteiger partial charge in [-0.25, -0.2) is 4.98 Å². The van der Waals surface area contributed by atoms with Gasteiger partial charge in [0, 0.05) is 30.9 Å². The van der Waals surface area contributed by atoms with Crippen LogP contribution in [-0.4, -0.2) is 37.1 Å². The third-order valence-corrected chi connectivity index (χ3v) is 4.27. The lowest BCUT2D eigenvalue weighted by Gasteiger charge is -2.18. The van der Waals surface area contributed by atoms with Gasteiger partial charge in [0.1, 0.15) is 11.6 Å². The minimum absolute atomic E-state index is 0.0892. The van der Waals surface area contributed by atoms with Crippen molar-refractivity contribution >= 4 is 11.7 Å². The first-order valence-corrected chi connectivity index (χ1v) is 8.10. The van der Waals surface area contributed by atoms with E-state index in [1.54, 1.807) is 31.4 Å². The summed E-state index contributed by atoms with van der Waals surface area (Å²) in [6.45, 7) is 1.12. The number of nitrogens with zero attached hydrogens (tertiary/aromatic N) is 2. The predicted octanol–water partition coefficient (Wildman–Crippen LogP) is 3.12. The lowest BCUT2D eigenvalue weighted by atomic mass is 10.2. The van der Waals surface area contributed by atoms with Crippen LogP contribution in [0.25, 0.3) is 0 Å². The zero-order valence-electron chi connectivity index (χ0n) is 14.1. The van der Waals surface area contributed by atoms with E-state index in [0.29, 0.717) is 36.6 Å². The van der Waals surface area contributed by atoms with E-state index in [-0.39, 0.29) is 11.9 Å². The molecule has 0 spiro atoms. The topological polar surface area (TPSA) is 54.5 Å². The van der Waals surface area contributed by atoms with Gasteiger partial charge in [0.2, 0.25) is 0 Å². The number of rotatable bonds is 4. The Morgan fingerprint density at radius 1 is 1.23 bits per heavy atom. The maximum absolute atomic E-state index is 12.6. The van der Waals surface area contributed by atoms with E-state index in [1.807, 2.05) is 4.90 Å². The number of nitrogens with one attached hydrogen (secondary N) is 1. The number of alkyl halides is 3. The summed E-state index contributed by atoms with van der Waals surface area (Å²) in [5, 5.41) is 2.94. The maximum atomic E-state index is 12.6. The average molecular weight is 365 g/mol. The van der Waals surface area contributed by atoms with Gasteiger partial charge in [-0.05, 0) is 42.8 Å². The number of methoxy groups -OCH3 is 1. The van der Waals surface area contributed by atoms with Gasteiger partial charge in [-0.1, -0.05) is 0 Å². The van der Waals surface area contributed by atoms with Crippen molar-refractivity contribution in [2.45, 2.75) is 18.6 Å². The van der Waals surface area contributed by atoms with Crippen LogP contribution in [-0.2, 0) is 6.18 Å². The highest BCUT2D eigenvalue weighted by Crippen LogP contribution is 2.29. The highest BCUT2D eigenvalue weighted by atomic mass is 19.4. The van der Waals surface area contributed by atoms with Gasteiger partial charge in [0.25, 0.3) is 5.91 Å². The molecule has 1 unspecified atom stereocenters. The van der Waals surface area contributed by atoms with Crippen molar-refractivity contribution in [2.24, 2.45) is 0 Å². The Morgan fingerprint density at radius 3 is 2.54 bits per heavy atom. The molecule has 1 fully saturated rings. The summed E-state index contributed by atoms with van der Waals surface area (Å²) in [7, 11) is 1.55. The van der Waals surface area contributed by atoms with E-state index in [4.69, 9.17) is 4.74 Å². The molecule has 138 valence electrons. The Balaban J connectivity index is 1.58. The smallest absolute Gasteiger partial charge is 0.417 e. The van der Waals surface area contributed by atoms with Gasteiger partial charge in [-0.3, -0.25) is 4.79 Å². The second-order valence-corrected chi connectivity index (χ2v) is 6.04. The molecule has 2 aromatic rings. The van der Waals surface area contributed by atoms with Crippen LogP contribution in [0.2, 0.25) is 0 Å². The molecule has 1 aliphatic heterocycles.